The van der Waals surface area contributed by atoms with Crippen LogP contribution in [0.2, 0.25) is 5.15 Å². The number of rotatable bonds is 5. The van der Waals surface area contributed by atoms with E-state index in [0.29, 0.717) is 23.8 Å². The van der Waals surface area contributed by atoms with Gasteiger partial charge in [0, 0.05) is 30.3 Å². The summed E-state index contributed by atoms with van der Waals surface area (Å²) in [5, 5.41) is 14.1. The van der Waals surface area contributed by atoms with Crippen LogP contribution in [-0.2, 0) is 6.54 Å². The molecule has 0 fully saturated rings. The van der Waals surface area contributed by atoms with Crippen LogP contribution in [0.1, 0.15) is 5.56 Å². The van der Waals surface area contributed by atoms with Crippen molar-refractivity contribution in [3.05, 3.63) is 81.2 Å². The molecule has 0 atom stereocenters. The van der Waals surface area contributed by atoms with Crippen molar-refractivity contribution in [2.75, 3.05) is 5.32 Å². The highest BCUT2D eigenvalue weighted by Crippen LogP contribution is 2.21. The smallest absolute Gasteiger partial charge is 0.269 e. The third-order valence-electron chi connectivity index (χ3n) is 3.39. The lowest BCUT2D eigenvalue weighted by Gasteiger charge is -2.08. The van der Waals surface area contributed by atoms with E-state index in [0.717, 1.165) is 5.56 Å². The maximum atomic E-state index is 13.0. The highest BCUT2D eigenvalue weighted by Gasteiger charge is 2.08. The fraction of sp³-hybridized carbons (Fsp3) is 0.0588. The number of halogens is 2. The summed E-state index contributed by atoms with van der Waals surface area (Å²) in [6.07, 6.45) is 0. The van der Waals surface area contributed by atoms with Crippen LogP contribution in [0.25, 0.3) is 11.4 Å². The number of benzene rings is 2. The van der Waals surface area contributed by atoms with Crippen LogP contribution in [0.4, 0.5) is 15.9 Å². The first kappa shape index (κ1) is 16.8. The zero-order chi connectivity index (χ0) is 17.8. The largest absolute Gasteiger partial charge is 0.366 e. The molecule has 8 heteroatoms. The minimum atomic E-state index is -0.447. The molecule has 0 aliphatic heterocycles. The molecular weight excluding hydrogens is 347 g/mol. The number of hydrogen-bond donors (Lipinski definition) is 1. The van der Waals surface area contributed by atoms with Crippen molar-refractivity contribution < 1.29 is 9.31 Å². The lowest BCUT2D eigenvalue weighted by atomic mass is 10.2. The van der Waals surface area contributed by atoms with E-state index in [-0.39, 0.29) is 16.7 Å². The van der Waals surface area contributed by atoms with E-state index in [9.17, 15) is 14.5 Å². The Balaban J connectivity index is 1.80. The summed E-state index contributed by atoms with van der Waals surface area (Å²) in [6.45, 7) is 0.331. The molecule has 0 amide bonds. The fourth-order valence-electron chi connectivity index (χ4n) is 2.21. The highest BCUT2D eigenvalue weighted by molar-refractivity contribution is 6.29. The summed E-state index contributed by atoms with van der Waals surface area (Å²) >= 11 is 6.03. The van der Waals surface area contributed by atoms with E-state index in [1.165, 1.54) is 24.3 Å². The van der Waals surface area contributed by atoms with Crippen LogP contribution in [-0.4, -0.2) is 14.9 Å². The Labute approximate surface area is 147 Å². The van der Waals surface area contributed by atoms with Gasteiger partial charge in [0.25, 0.3) is 5.69 Å². The zero-order valence-electron chi connectivity index (χ0n) is 12.8. The van der Waals surface area contributed by atoms with Gasteiger partial charge in [-0.1, -0.05) is 23.7 Å². The van der Waals surface area contributed by atoms with E-state index in [1.54, 1.807) is 30.3 Å². The van der Waals surface area contributed by atoms with E-state index in [2.05, 4.69) is 15.3 Å². The highest BCUT2D eigenvalue weighted by atomic mass is 35.5. The van der Waals surface area contributed by atoms with E-state index >= 15 is 0 Å². The molecule has 0 bridgehead atoms. The summed E-state index contributed by atoms with van der Waals surface area (Å²) < 4.78 is 13.0. The van der Waals surface area contributed by atoms with Crippen LogP contribution in [0.5, 0.6) is 0 Å². The summed E-state index contributed by atoms with van der Waals surface area (Å²) in [5.74, 6) is 0.467. The van der Waals surface area contributed by atoms with Crippen molar-refractivity contribution in [1.29, 1.82) is 0 Å². The van der Waals surface area contributed by atoms with Crippen molar-refractivity contribution in [2.45, 2.75) is 6.54 Å². The standard InChI is InChI=1S/C17H12ClFN4O2/c18-15-9-16(20-10-11-2-1-3-14(8-11)23(24)25)22-17(21-15)12-4-6-13(19)7-5-12/h1-9H,10H2,(H,20,21,22). The molecular formula is C17H12ClFN4O2. The molecule has 0 saturated heterocycles. The van der Waals surface area contributed by atoms with Crippen LogP contribution in [0.15, 0.2) is 54.6 Å². The molecule has 0 spiro atoms. The Bertz CT molecular complexity index is 919. The third-order valence-corrected chi connectivity index (χ3v) is 3.59. The minimum absolute atomic E-state index is 0.0204. The predicted molar refractivity (Wildman–Crippen MR) is 92.9 cm³/mol. The normalized spacial score (nSPS) is 10.5. The van der Waals surface area contributed by atoms with E-state index in [4.69, 9.17) is 11.6 Å². The van der Waals surface area contributed by atoms with Gasteiger partial charge in [-0.25, -0.2) is 14.4 Å². The van der Waals surface area contributed by atoms with Crippen LogP contribution in [0.3, 0.4) is 0 Å². The molecule has 1 heterocycles. The number of nitrogens with one attached hydrogen (secondary N) is 1. The lowest BCUT2D eigenvalue weighted by molar-refractivity contribution is -0.384. The number of nitro benzene ring substituents is 1. The average molecular weight is 359 g/mol. The number of non-ortho nitro benzene ring substituents is 1. The van der Waals surface area contributed by atoms with Crippen LogP contribution >= 0.6 is 11.6 Å². The average Bonchev–Trinajstić information content (AvgIpc) is 2.60. The zero-order valence-corrected chi connectivity index (χ0v) is 13.6. The predicted octanol–water partition coefficient (Wildman–Crippen LogP) is 4.46. The second-order valence-corrected chi connectivity index (χ2v) is 5.57. The van der Waals surface area contributed by atoms with Crippen LogP contribution < -0.4 is 5.32 Å². The molecule has 0 aliphatic rings. The van der Waals surface area contributed by atoms with Gasteiger partial charge in [-0.05, 0) is 29.8 Å². The lowest BCUT2D eigenvalue weighted by Crippen LogP contribution is -2.03. The third kappa shape index (κ3) is 4.27. The Hall–Kier alpha value is -3.06. The Morgan fingerprint density at radius 2 is 1.88 bits per heavy atom. The number of hydrogen-bond acceptors (Lipinski definition) is 5. The topological polar surface area (TPSA) is 81.0 Å². The molecule has 126 valence electrons. The summed E-state index contributed by atoms with van der Waals surface area (Å²) in [6, 6.07) is 13.6. The second kappa shape index (κ2) is 7.23. The second-order valence-electron chi connectivity index (χ2n) is 5.19. The van der Waals surface area contributed by atoms with Gasteiger partial charge in [0.15, 0.2) is 5.82 Å². The molecule has 3 aromatic rings. The SMILES string of the molecule is O=[N+]([O-])c1cccc(CNc2cc(Cl)nc(-c3ccc(F)cc3)n2)c1. The fourth-order valence-corrected chi connectivity index (χ4v) is 2.39. The van der Waals surface area contributed by atoms with Crippen molar-refractivity contribution in [2.24, 2.45) is 0 Å². The first-order valence-electron chi connectivity index (χ1n) is 7.29. The molecule has 1 aromatic heterocycles. The van der Waals surface area contributed by atoms with Crippen molar-refractivity contribution >= 4 is 23.1 Å². The summed E-state index contributed by atoms with van der Waals surface area (Å²) in [5.41, 5.74) is 1.38. The Morgan fingerprint density at radius 1 is 1.12 bits per heavy atom. The Morgan fingerprint density at radius 3 is 2.60 bits per heavy atom. The molecule has 0 radical (unpaired) electrons. The number of aromatic nitrogens is 2. The number of nitro groups is 1. The molecule has 0 unspecified atom stereocenters. The minimum Gasteiger partial charge on any atom is -0.366 e. The van der Waals surface area contributed by atoms with Gasteiger partial charge < -0.3 is 5.32 Å². The van der Waals surface area contributed by atoms with Gasteiger partial charge in [0.05, 0.1) is 4.92 Å². The maximum absolute atomic E-state index is 13.0. The van der Waals surface area contributed by atoms with Crippen molar-refractivity contribution in [1.82, 2.24) is 9.97 Å². The summed E-state index contributed by atoms with van der Waals surface area (Å²) in [4.78, 5) is 18.8. The first-order valence-corrected chi connectivity index (χ1v) is 7.67. The first-order chi connectivity index (χ1) is 12.0. The van der Waals surface area contributed by atoms with Gasteiger partial charge in [-0.15, -0.1) is 0 Å². The number of nitrogens with zero attached hydrogens (tertiary/aromatic N) is 3. The molecule has 3 rings (SSSR count). The molecule has 0 aliphatic carbocycles. The molecule has 25 heavy (non-hydrogen) atoms. The maximum Gasteiger partial charge on any atom is 0.269 e. The molecule has 6 nitrogen and oxygen atoms in total. The monoisotopic (exact) mass is 358 g/mol. The van der Waals surface area contributed by atoms with Gasteiger partial charge in [0.1, 0.15) is 16.8 Å². The summed E-state index contributed by atoms with van der Waals surface area (Å²) in [7, 11) is 0. The van der Waals surface area contributed by atoms with Gasteiger partial charge >= 0.3 is 0 Å². The van der Waals surface area contributed by atoms with E-state index < -0.39 is 4.92 Å². The van der Waals surface area contributed by atoms with Crippen molar-refractivity contribution in [3.63, 3.8) is 0 Å². The van der Waals surface area contributed by atoms with Crippen LogP contribution in [0, 0.1) is 15.9 Å². The van der Waals surface area contributed by atoms with Crippen molar-refractivity contribution in [3.8, 4) is 11.4 Å². The van der Waals surface area contributed by atoms with Gasteiger partial charge in [0.2, 0.25) is 0 Å². The molecule has 2 aromatic carbocycles. The van der Waals surface area contributed by atoms with E-state index in [1.807, 2.05) is 0 Å². The number of anilines is 1. The van der Waals surface area contributed by atoms with Gasteiger partial charge in [-0.3, -0.25) is 10.1 Å². The quantitative estimate of drug-likeness (QED) is 0.414. The Kier molecular flexibility index (Phi) is 4.85. The van der Waals surface area contributed by atoms with Gasteiger partial charge in [-0.2, -0.15) is 0 Å². The molecule has 0 saturated carbocycles. The molecule has 1 N–H and O–H groups in total.